The van der Waals surface area contributed by atoms with Crippen LogP contribution in [0.25, 0.3) is 89.0 Å². The van der Waals surface area contributed by atoms with E-state index in [1.807, 2.05) is 0 Å². The highest BCUT2D eigenvalue weighted by Gasteiger charge is 2.51. The summed E-state index contributed by atoms with van der Waals surface area (Å²) in [4.78, 5) is 2.60. The van der Waals surface area contributed by atoms with Crippen LogP contribution < -0.4 is 9.64 Å². The molecule has 1 aliphatic heterocycles. The number of nitrogens with zero attached hydrogens (tertiary/aromatic N) is 1. The Kier molecular flexibility index (Phi) is 36.0. The summed E-state index contributed by atoms with van der Waals surface area (Å²) in [6.07, 6.45) is 71.1. The molecule has 0 aromatic heterocycles. The molecule has 16 rings (SSSR count). The normalized spacial score (nSPS) is 15.1. The third-order valence-corrected chi connectivity index (χ3v) is 33.6. The van der Waals surface area contributed by atoms with Gasteiger partial charge in [0.05, 0.1) is 17.1 Å². The molecule has 0 saturated carbocycles. The van der Waals surface area contributed by atoms with E-state index in [1.165, 1.54) is 431 Å². The number of rotatable bonds is 60. The van der Waals surface area contributed by atoms with Gasteiger partial charge in [-0.1, -0.05) is 521 Å². The zero-order valence-corrected chi connectivity index (χ0v) is 85.6. The molecule has 0 amide bonds. The van der Waals surface area contributed by atoms with E-state index in [-0.39, 0.29) is 21.7 Å². The Balaban J connectivity index is 0.851. The quantitative estimate of drug-likeness (QED) is 0.0352. The minimum absolute atomic E-state index is 0.00255. The Morgan fingerprint density at radius 3 is 0.681 bits per heavy atom. The van der Waals surface area contributed by atoms with Crippen LogP contribution in [0.4, 0.5) is 17.1 Å². The lowest BCUT2D eigenvalue weighted by molar-refractivity contribution is 0.394. The van der Waals surface area contributed by atoms with Crippen LogP contribution in [0.1, 0.15) is 453 Å². The van der Waals surface area contributed by atoms with Gasteiger partial charge < -0.3 is 9.64 Å². The number of hydrogen-bond acceptors (Lipinski definition) is 2. The van der Waals surface area contributed by atoms with E-state index < -0.39 is 0 Å². The Morgan fingerprint density at radius 1 is 0.170 bits per heavy atom. The van der Waals surface area contributed by atoms with Crippen molar-refractivity contribution >= 4 is 17.1 Å². The summed E-state index contributed by atoms with van der Waals surface area (Å²) in [6.45, 7) is 19.0. The highest BCUT2D eigenvalue weighted by molar-refractivity contribution is 6.02. The maximum atomic E-state index is 7.93. The first-order chi connectivity index (χ1) is 66.7. The van der Waals surface area contributed by atoms with Crippen LogP contribution in [0, 0.1) is 0 Å². The molecular weight excluding hydrogens is 1630 g/mol. The van der Waals surface area contributed by atoms with Gasteiger partial charge in [-0.3, -0.25) is 0 Å². The number of para-hydroxylation sites is 1. The summed E-state index contributed by atoms with van der Waals surface area (Å²) in [5.41, 5.74) is 37.8. The van der Waals surface area contributed by atoms with Crippen molar-refractivity contribution in [1.29, 1.82) is 0 Å². The lowest BCUT2D eigenvalue weighted by Gasteiger charge is -2.36. The van der Waals surface area contributed by atoms with Crippen LogP contribution >= 0.6 is 0 Å². The maximum absolute atomic E-state index is 7.93. The van der Waals surface area contributed by atoms with Gasteiger partial charge in [-0.25, -0.2) is 0 Å². The number of anilines is 3. The first-order valence-corrected chi connectivity index (χ1v) is 56.5. The SMILES string of the molecule is CCCCCCCCC1(CCCCCCC)c2cc(-c3ccc4c(c3)Oc3cc(-c5ccc6c(c5)C(CCCCCCCC)(CCCCCCCC)c5cc7c(cc5-6)C(CCCCCCCC)(CCCCCCCC)c5ccccc5-7)ccc3N4c3c(-c4ccccc4)cccc3-c3ccccc3)ccc2-c2cc3c(cc21)-c1ccccc1C3(CCCCCCCC)CCCCCCCC. The third-order valence-electron chi connectivity index (χ3n) is 33.6. The Bertz CT molecular complexity index is 5440. The minimum Gasteiger partial charge on any atom is -0.453 e. The minimum atomic E-state index is -0.128. The zero-order valence-electron chi connectivity index (χ0n) is 85.6. The lowest BCUT2D eigenvalue weighted by atomic mass is 9.68. The second-order valence-electron chi connectivity index (χ2n) is 42.9. The molecule has 1 heterocycles. The van der Waals surface area contributed by atoms with Crippen LogP contribution in [0.15, 0.2) is 224 Å². The molecule has 0 bridgehead atoms. The molecule has 11 aromatic carbocycles. The van der Waals surface area contributed by atoms with Gasteiger partial charge in [0, 0.05) is 32.8 Å². The van der Waals surface area contributed by atoms with E-state index in [0.29, 0.717) is 0 Å². The molecule has 1 unspecified atom stereocenters. The molecule has 5 aliphatic rings. The number of hydrogen-bond donors (Lipinski definition) is 0. The predicted octanol–water partition coefficient (Wildman–Crippen LogP) is 42.6. The first-order valence-electron chi connectivity index (χ1n) is 56.5. The third kappa shape index (κ3) is 21.9. The Labute approximate surface area is 820 Å². The second kappa shape index (κ2) is 49.0. The van der Waals surface area contributed by atoms with Crippen LogP contribution in [0.2, 0.25) is 0 Å². The van der Waals surface area contributed by atoms with Gasteiger partial charge in [0.15, 0.2) is 11.5 Å². The first kappa shape index (κ1) is 99.0. The van der Waals surface area contributed by atoms with Crippen LogP contribution in [0.5, 0.6) is 11.5 Å². The van der Waals surface area contributed by atoms with Crippen molar-refractivity contribution in [1.82, 2.24) is 0 Å². The fourth-order valence-corrected chi connectivity index (χ4v) is 26.3. The molecule has 1 atom stereocenters. The number of unbranched alkanes of at least 4 members (excludes halogenated alkanes) is 39. The molecule has 0 saturated heterocycles. The predicted molar refractivity (Wildman–Crippen MR) is 587 cm³/mol. The standard InChI is InChI=1S/C133H171NO/c1-9-17-25-33-41-59-85-130(86-60-42-34-26-18-10-2)117-75-56-54-71-109(117)113-97-123-115(99-121(113)130)111-81-77-103(93-119(111)132(123,89-58-40-32-24-16-8)90-63-45-37-29-21-13-5)105-79-83-125-127(95-105)135-128-96-106(80-84-126(128)134(125)129-107(101-67-50-48-51-68-101)73-66-74-108(129)102-69-52-49-53-70-102)104-78-82-112-116-100-122-114(98-124(116)133(120(112)94-104,91-64-46-38-30-22-14-6)92-65-47-39-31-23-15-7)110-72-55-57-76-118(110)131(122,87-61-43-35-27-19-11-3)88-62-44-36-28-20-12-4/h48-57,66-84,93-100H,9-47,58-65,85-92H2,1-8H3. The topological polar surface area (TPSA) is 12.5 Å². The molecule has 11 aromatic rings. The molecule has 0 spiro atoms. The molecule has 4 aliphatic carbocycles. The average molecular weight is 1800 g/mol. The van der Waals surface area contributed by atoms with Gasteiger partial charge >= 0.3 is 0 Å². The van der Waals surface area contributed by atoms with Gasteiger partial charge in [-0.2, -0.15) is 0 Å². The van der Waals surface area contributed by atoms with Crippen molar-refractivity contribution in [2.45, 2.75) is 430 Å². The second-order valence-corrected chi connectivity index (χ2v) is 42.9. The summed E-state index contributed by atoms with van der Waals surface area (Å²) < 4.78 is 7.93. The molecule has 2 nitrogen and oxygen atoms in total. The molecule has 2 heteroatoms. The lowest BCUT2D eigenvalue weighted by Crippen LogP contribution is -2.27. The summed E-state index contributed by atoms with van der Waals surface area (Å²) in [7, 11) is 0. The van der Waals surface area contributed by atoms with Gasteiger partial charge in [0.1, 0.15) is 0 Å². The van der Waals surface area contributed by atoms with Gasteiger partial charge in [-0.05, 0) is 234 Å². The van der Waals surface area contributed by atoms with Crippen molar-refractivity contribution in [3.8, 4) is 101 Å². The fraction of sp³-hybridized carbons (Fsp3) is 0.504. The van der Waals surface area contributed by atoms with E-state index in [2.05, 4.69) is 285 Å². The Morgan fingerprint density at radius 2 is 0.393 bits per heavy atom. The molecule has 0 radical (unpaired) electrons. The summed E-state index contributed by atoms with van der Waals surface area (Å²) in [5.74, 6) is 1.78. The van der Waals surface area contributed by atoms with Crippen molar-refractivity contribution in [2.24, 2.45) is 0 Å². The molecule has 0 fully saturated rings. The Hall–Kier alpha value is -8.98. The van der Waals surface area contributed by atoms with E-state index in [9.17, 15) is 0 Å². The van der Waals surface area contributed by atoms with Gasteiger partial charge in [0.25, 0.3) is 0 Å². The molecule has 714 valence electrons. The molecule has 0 N–H and O–H groups in total. The van der Waals surface area contributed by atoms with Crippen molar-refractivity contribution in [2.75, 3.05) is 4.90 Å². The van der Waals surface area contributed by atoms with Crippen molar-refractivity contribution in [3.63, 3.8) is 0 Å². The van der Waals surface area contributed by atoms with E-state index in [1.54, 1.807) is 55.6 Å². The summed E-state index contributed by atoms with van der Waals surface area (Å²) in [6, 6.07) is 91.1. The van der Waals surface area contributed by atoms with Crippen LogP contribution in [-0.4, -0.2) is 0 Å². The zero-order chi connectivity index (χ0) is 93.1. The fourth-order valence-electron chi connectivity index (χ4n) is 26.3. The van der Waals surface area contributed by atoms with Gasteiger partial charge in [-0.15, -0.1) is 0 Å². The van der Waals surface area contributed by atoms with Crippen molar-refractivity contribution in [3.05, 3.63) is 269 Å². The number of fused-ring (bicyclic) bond motifs is 14. The highest BCUT2D eigenvalue weighted by Crippen LogP contribution is 2.66. The van der Waals surface area contributed by atoms with Crippen LogP contribution in [0.3, 0.4) is 0 Å². The smallest absolute Gasteiger partial charge is 0.152 e. The summed E-state index contributed by atoms with van der Waals surface area (Å²) in [5, 5.41) is 0. The number of ether oxygens (including phenoxy) is 1. The maximum Gasteiger partial charge on any atom is 0.152 e. The van der Waals surface area contributed by atoms with E-state index in [0.717, 1.165) is 28.6 Å². The number of benzene rings is 11. The largest absolute Gasteiger partial charge is 0.453 e. The monoisotopic (exact) mass is 1800 g/mol. The van der Waals surface area contributed by atoms with Gasteiger partial charge in [0.2, 0.25) is 0 Å². The van der Waals surface area contributed by atoms with E-state index in [4.69, 9.17) is 4.74 Å². The average Bonchev–Trinajstić information content (AvgIpc) is 1.54. The highest BCUT2D eigenvalue weighted by atomic mass is 16.5. The molecule has 135 heavy (non-hydrogen) atoms. The summed E-state index contributed by atoms with van der Waals surface area (Å²) >= 11 is 0. The van der Waals surface area contributed by atoms with E-state index >= 15 is 0 Å². The van der Waals surface area contributed by atoms with Crippen LogP contribution in [-0.2, 0) is 21.7 Å². The molecular formula is C133H171NO. The van der Waals surface area contributed by atoms with Crippen molar-refractivity contribution < 1.29 is 4.74 Å².